The van der Waals surface area contributed by atoms with E-state index in [2.05, 4.69) is 34.8 Å². The maximum Gasteiger partial charge on any atom is 0.271 e. The SMILES string of the molecule is CCc1nc(C(N)=O)c(Nc2cccc(OCCCNC(=O)[C@H](C)N(C)C(=O)/C=C/CN(C)C)c2)nc1NC(CC)CC. The van der Waals surface area contributed by atoms with E-state index >= 15 is 0 Å². The van der Waals surface area contributed by atoms with Gasteiger partial charge in [-0.15, -0.1) is 0 Å². The molecule has 0 unspecified atom stereocenters. The maximum absolute atomic E-state index is 12.5. The van der Waals surface area contributed by atoms with Crippen molar-refractivity contribution in [3.63, 3.8) is 0 Å². The summed E-state index contributed by atoms with van der Waals surface area (Å²) in [7, 11) is 5.44. The number of hydrogen-bond donors (Lipinski definition) is 4. The Kier molecular flexibility index (Phi) is 14.4. The van der Waals surface area contributed by atoms with Crippen LogP contribution in [0.5, 0.6) is 5.75 Å². The Bertz CT molecular complexity index is 1250. The number of anilines is 3. The Labute approximate surface area is 255 Å². The summed E-state index contributed by atoms with van der Waals surface area (Å²) < 4.78 is 5.89. The van der Waals surface area contributed by atoms with Gasteiger partial charge in [0.2, 0.25) is 11.8 Å². The number of amides is 3. The number of rotatable bonds is 18. The second-order valence-electron chi connectivity index (χ2n) is 10.5. The van der Waals surface area contributed by atoms with Crippen molar-refractivity contribution < 1.29 is 19.1 Å². The number of benzene rings is 1. The van der Waals surface area contributed by atoms with Gasteiger partial charge >= 0.3 is 0 Å². The number of nitrogens with zero attached hydrogens (tertiary/aromatic N) is 4. The van der Waals surface area contributed by atoms with Crippen LogP contribution in [-0.4, -0.2) is 90.4 Å². The first kappa shape index (κ1) is 35.0. The van der Waals surface area contributed by atoms with Gasteiger partial charge < -0.3 is 36.2 Å². The smallest absolute Gasteiger partial charge is 0.271 e. The minimum atomic E-state index is -0.668. The summed E-state index contributed by atoms with van der Waals surface area (Å²) in [5.74, 6) is 0.372. The Morgan fingerprint density at radius 3 is 2.42 bits per heavy atom. The van der Waals surface area contributed by atoms with Crippen LogP contribution in [-0.2, 0) is 16.0 Å². The van der Waals surface area contributed by atoms with E-state index in [0.29, 0.717) is 55.5 Å². The Morgan fingerprint density at radius 2 is 1.79 bits per heavy atom. The number of carbonyl (C=O) groups excluding carboxylic acids is 3. The van der Waals surface area contributed by atoms with Crippen molar-refractivity contribution in [3.05, 3.63) is 47.8 Å². The Balaban J connectivity index is 1.96. The summed E-state index contributed by atoms with van der Waals surface area (Å²) in [6.07, 6.45) is 6.26. The predicted molar refractivity (Wildman–Crippen MR) is 171 cm³/mol. The van der Waals surface area contributed by atoms with Gasteiger partial charge in [0.1, 0.15) is 17.6 Å². The maximum atomic E-state index is 12.5. The highest BCUT2D eigenvalue weighted by Gasteiger charge is 2.21. The fourth-order valence-electron chi connectivity index (χ4n) is 4.05. The molecule has 0 spiro atoms. The summed E-state index contributed by atoms with van der Waals surface area (Å²) in [6, 6.07) is 6.88. The highest BCUT2D eigenvalue weighted by molar-refractivity contribution is 5.96. The fourth-order valence-corrected chi connectivity index (χ4v) is 4.05. The molecule has 43 heavy (non-hydrogen) atoms. The topological polar surface area (TPSA) is 155 Å². The Hall–Kier alpha value is -4.19. The zero-order chi connectivity index (χ0) is 31.9. The number of carbonyl (C=O) groups is 3. The average molecular weight is 597 g/mol. The number of hydrogen-bond acceptors (Lipinski definition) is 9. The molecule has 1 aromatic heterocycles. The van der Waals surface area contributed by atoms with Gasteiger partial charge in [-0.25, -0.2) is 9.97 Å². The molecule has 12 heteroatoms. The third-order valence-electron chi connectivity index (χ3n) is 6.89. The summed E-state index contributed by atoms with van der Waals surface area (Å²) in [5.41, 5.74) is 7.04. The number of aromatic nitrogens is 2. The van der Waals surface area contributed by atoms with Crippen molar-refractivity contribution in [1.29, 1.82) is 0 Å². The molecule has 0 aliphatic heterocycles. The molecule has 1 heterocycles. The lowest BCUT2D eigenvalue weighted by atomic mass is 10.1. The summed E-state index contributed by atoms with van der Waals surface area (Å²) in [4.78, 5) is 49.6. The molecule has 0 saturated heterocycles. The number of nitrogens with two attached hydrogens (primary N) is 1. The van der Waals surface area contributed by atoms with Crippen LogP contribution in [0.4, 0.5) is 17.3 Å². The van der Waals surface area contributed by atoms with Crippen LogP contribution in [0, 0.1) is 0 Å². The normalized spacial score (nSPS) is 11.9. The minimum absolute atomic E-state index is 0.0696. The minimum Gasteiger partial charge on any atom is -0.493 e. The molecule has 0 fully saturated rings. The summed E-state index contributed by atoms with van der Waals surface area (Å²) >= 11 is 0. The van der Waals surface area contributed by atoms with E-state index in [-0.39, 0.29) is 29.4 Å². The van der Waals surface area contributed by atoms with E-state index in [0.717, 1.165) is 12.8 Å². The first-order valence-corrected chi connectivity index (χ1v) is 14.8. The largest absolute Gasteiger partial charge is 0.493 e. The number of aryl methyl sites for hydroxylation is 1. The van der Waals surface area contributed by atoms with Crippen molar-refractivity contribution in [2.75, 3.05) is 51.5 Å². The lowest BCUT2D eigenvalue weighted by Gasteiger charge is -2.23. The van der Waals surface area contributed by atoms with Crippen molar-refractivity contribution in [3.8, 4) is 5.75 Å². The third-order valence-corrected chi connectivity index (χ3v) is 6.89. The molecule has 0 bridgehead atoms. The van der Waals surface area contributed by atoms with E-state index in [1.54, 1.807) is 26.1 Å². The van der Waals surface area contributed by atoms with E-state index in [1.807, 2.05) is 44.1 Å². The fraction of sp³-hybridized carbons (Fsp3) is 0.516. The van der Waals surface area contributed by atoms with Crippen LogP contribution in [0.3, 0.4) is 0 Å². The Morgan fingerprint density at radius 1 is 1.07 bits per heavy atom. The highest BCUT2D eigenvalue weighted by atomic mass is 16.5. The molecule has 1 atom stereocenters. The van der Waals surface area contributed by atoms with Gasteiger partial charge in [0, 0.05) is 44.0 Å². The standard InChI is InChI=1S/C31H48N8O4/c1-8-22(9-2)34-29-25(10-3)36-27(28(32)41)30(37-29)35-23-14-11-15-24(20-23)43-19-13-17-33-31(42)21(4)39(7)26(40)16-12-18-38(5)6/h11-12,14-16,20-22H,8-10,13,17-19H2,1-7H3,(H2,32,41)(H,33,42)(H2,34,35,37)/b16-12+/t21-/m0/s1. The lowest BCUT2D eigenvalue weighted by molar-refractivity contribution is -0.135. The van der Waals surface area contributed by atoms with Gasteiger partial charge in [-0.1, -0.05) is 32.9 Å². The molecular formula is C31H48N8O4. The van der Waals surface area contributed by atoms with Crippen molar-refractivity contribution in [2.24, 2.45) is 5.73 Å². The summed E-state index contributed by atoms with van der Waals surface area (Å²) in [6.45, 7) is 9.25. The van der Waals surface area contributed by atoms with E-state index in [1.165, 1.54) is 11.0 Å². The lowest BCUT2D eigenvalue weighted by Crippen LogP contribution is -2.45. The molecule has 3 amide bonds. The first-order valence-electron chi connectivity index (χ1n) is 14.8. The second kappa shape index (κ2) is 17.7. The zero-order valence-corrected chi connectivity index (χ0v) is 26.6. The molecule has 12 nitrogen and oxygen atoms in total. The quantitative estimate of drug-likeness (QED) is 0.150. The monoisotopic (exact) mass is 596 g/mol. The predicted octanol–water partition coefficient (Wildman–Crippen LogP) is 3.33. The van der Waals surface area contributed by atoms with Crippen molar-refractivity contribution in [2.45, 2.75) is 65.5 Å². The van der Waals surface area contributed by atoms with Gasteiger partial charge in [0.25, 0.3) is 5.91 Å². The molecule has 1 aromatic carbocycles. The number of likely N-dealkylation sites (N-methyl/N-ethyl adjacent to an activating group) is 2. The molecule has 5 N–H and O–H groups in total. The highest BCUT2D eigenvalue weighted by Crippen LogP contribution is 2.25. The van der Waals surface area contributed by atoms with Crippen LogP contribution in [0.1, 0.15) is 63.1 Å². The van der Waals surface area contributed by atoms with Crippen LogP contribution in [0.15, 0.2) is 36.4 Å². The zero-order valence-electron chi connectivity index (χ0n) is 26.6. The van der Waals surface area contributed by atoms with E-state index in [9.17, 15) is 14.4 Å². The van der Waals surface area contributed by atoms with Gasteiger partial charge in [0.05, 0.1) is 12.3 Å². The van der Waals surface area contributed by atoms with Gasteiger partial charge in [-0.05, 0) is 58.8 Å². The van der Waals surface area contributed by atoms with Gasteiger partial charge in [-0.2, -0.15) is 0 Å². The number of ether oxygens (including phenoxy) is 1. The molecular weight excluding hydrogens is 548 g/mol. The number of primary amides is 1. The summed E-state index contributed by atoms with van der Waals surface area (Å²) in [5, 5.41) is 9.46. The van der Waals surface area contributed by atoms with Crippen molar-refractivity contribution in [1.82, 2.24) is 25.1 Å². The number of nitrogens with one attached hydrogen (secondary N) is 3. The van der Waals surface area contributed by atoms with Crippen molar-refractivity contribution >= 4 is 35.0 Å². The second-order valence-corrected chi connectivity index (χ2v) is 10.5. The van der Waals surface area contributed by atoms with E-state index in [4.69, 9.17) is 15.5 Å². The molecule has 2 aromatic rings. The van der Waals surface area contributed by atoms with Crippen LogP contribution in [0.2, 0.25) is 0 Å². The molecule has 0 aliphatic carbocycles. The van der Waals surface area contributed by atoms with Crippen LogP contribution >= 0.6 is 0 Å². The van der Waals surface area contributed by atoms with Crippen LogP contribution < -0.4 is 26.4 Å². The molecule has 0 aliphatic rings. The van der Waals surface area contributed by atoms with Gasteiger partial charge in [0.15, 0.2) is 11.5 Å². The molecule has 236 valence electrons. The van der Waals surface area contributed by atoms with E-state index < -0.39 is 11.9 Å². The molecule has 0 radical (unpaired) electrons. The molecule has 2 rings (SSSR count). The molecule has 0 saturated carbocycles. The third kappa shape index (κ3) is 11.2. The van der Waals surface area contributed by atoms with Crippen LogP contribution in [0.25, 0.3) is 0 Å². The van der Waals surface area contributed by atoms with Gasteiger partial charge in [-0.3, -0.25) is 14.4 Å². The average Bonchev–Trinajstić information content (AvgIpc) is 2.98. The first-order chi connectivity index (χ1) is 20.5.